The molecular weight excluding hydrogens is 269 g/mol. The molecule has 0 radical (unpaired) electrons. The fourth-order valence-corrected chi connectivity index (χ4v) is 3.98. The number of hydrogen-bond donors (Lipinski definition) is 1. The SMILES string of the molecule is O=S1(=O)CCC(Nc2cc(Cl)cc(Cl)c2)C1. The van der Waals surface area contributed by atoms with Crippen LogP contribution in [0.15, 0.2) is 18.2 Å². The number of benzene rings is 1. The second kappa shape index (κ2) is 4.43. The van der Waals surface area contributed by atoms with Gasteiger partial charge in [-0.1, -0.05) is 23.2 Å². The van der Waals surface area contributed by atoms with Gasteiger partial charge in [0.1, 0.15) is 0 Å². The molecule has 3 nitrogen and oxygen atoms in total. The lowest BCUT2D eigenvalue weighted by atomic mass is 10.2. The highest BCUT2D eigenvalue weighted by atomic mass is 35.5. The Morgan fingerprint density at radius 2 is 1.81 bits per heavy atom. The highest BCUT2D eigenvalue weighted by Gasteiger charge is 2.27. The van der Waals surface area contributed by atoms with E-state index in [1.54, 1.807) is 18.2 Å². The van der Waals surface area contributed by atoms with Gasteiger partial charge in [-0.2, -0.15) is 0 Å². The summed E-state index contributed by atoms with van der Waals surface area (Å²) in [5, 5.41) is 4.21. The van der Waals surface area contributed by atoms with Crippen LogP contribution >= 0.6 is 23.2 Å². The van der Waals surface area contributed by atoms with E-state index in [0.29, 0.717) is 16.5 Å². The molecule has 0 spiro atoms. The highest BCUT2D eigenvalue weighted by molar-refractivity contribution is 7.91. The second-order valence-electron chi connectivity index (χ2n) is 3.90. The zero-order chi connectivity index (χ0) is 11.8. The number of rotatable bonds is 2. The van der Waals surface area contributed by atoms with Crippen LogP contribution in [-0.2, 0) is 9.84 Å². The third kappa shape index (κ3) is 3.03. The molecule has 16 heavy (non-hydrogen) atoms. The Bertz CT molecular complexity index is 481. The van der Waals surface area contributed by atoms with Gasteiger partial charge < -0.3 is 5.32 Å². The summed E-state index contributed by atoms with van der Waals surface area (Å²) in [5.41, 5.74) is 0.764. The van der Waals surface area contributed by atoms with Gasteiger partial charge in [-0.05, 0) is 24.6 Å². The quantitative estimate of drug-likeness (QED) is 0.905. The lowest BCUT2D eigenvalue weighted by molar-refractivity contribution is 0.602. The first-order valence-corrected chi connectivity index (χ1v) is 7.45. The largest absolute Gasteiger partial charge is 0.381 e. The summed E-state index contributed by atoms with van der Waals surface area (Å²) in [4.78, 5) is 0. The van der Waals surface area contributed by atoms with Crippen LogP contribution in [0.4, 0.5) is 5.69 Å². The zero-order valence-corrected chi connectivity index (χ0v) is 10.7. The van der Waals surface area contributed by atoms with Gasteiger partial charge in [-0.3, -0.25) is 0 Å². The zero-order valence-electron chi connectivity index (χ0n) is 8.41. The van der Waals surface area contributed by atoms with Crippen LogP contribution in [0.1, 0.15) is 6.42 Å². The van der Waals surface area contributed by atoms with Crippen molar-refractivity contribution in [3.8, 4) is 0 Å². The fraction of sp³-hybridized carbons (Fsp3) is 0.400. The Hall–Kier alpha value is -0.450. The topological polar surface area (TPSA) is 46.2 Å². The molecule has 6 heteroatoms. The molecule has 0 saturated carbocycles. The first-order chi connectivity index (χ1) is 7.44. The molecule has 1 saturated heterocycles. The minimum Gasteiger partial charge on any atom is -0.381 e. The van der Waals surface area contributed by atoms with Crippen molar-refractivity contribution in [3.05, 3.63) is 28.2 Å². The summed E-state index contributed by atoms with van der Waals surface area (Å²) in [6.45, 7) is 0. The molecule has 0 aromatic heterocycles. The molecule has 1 unspecified atom stereocenters. The molecule has 1 aliphatic rings. The van der Waals surface area contributed by atoms with E-state index in [2.05, 4.69) is 5.32 Å². The molecule has 1 aromatic carbocycles. The van der Waals surface area contributed by atoms with Gasteiger partial charge >= 0.3 is 0 Å². The first kappa shape index (κ1) is 12.0. The van der Waals surface area contributed by atoms with E-state index in [4.69, 9.17) is 23.2 Å². The Labute approximate surface area is 105 Å². The monoisotopic (exact) mass is 279 g/mol. The number of halogens is 2. The van der Waals surface area contributed by atoms with Gasteiger partial charge in [0.05, 0.1) is 11.5 Å². The predicted octanol–water partition coefficient (Wildman–Crippen LogP) is 2.59. The highest BCUT2D eigenvalue weighted by Crippen LogP contribution is 2.24. The molecular formula is C10H11Cl2NO2S. The van der Waals surface area contributed by atoms with Crippen LogP contribution in [-0.4, -0.2) is 26.0 Å². The van der Waals surface area contributed by atoms with Gasteiger partial charge in [0.2, 0.25) is 0 Å². The normalized spacial score (nSPS) is 23.2. The minimum absolute atomic E-state index is 0.0421. The van der Waals surface area contributed by atoms with Gasteiger partial charge in [0.25, 0.3) is 0 Å². The summed E-state index contributed by atoms with van der Waals surface area (Å²) in [5.74, 6) is 0.427. The maximum Gasteiger partial charge on any atom is 0.152 e. The summed E-state index contributed by atoms with van der Waals surface area (Å²) >= 11 is 11.7. The number of anilines is 1. The average Bonchev–Trinajstić information content (AvgIpc) is 2.43. The summed E-state index contributed by atoms with van der Waals surface area (Å²) in [7, 11) is -2.86. The first-order valence-electron chi connectivity index (χ1n) is 4.88. The molecule has 0 bridgehead atoms. The third-order valence-electron chi connectivity index (χ3n) is 2.47. The van der Waals surface area contributed by atoms with E-state index in [-0.39, 0.29) is 17.5 Å². The van der Waals surface area contributed by atoms with Crippen molar-refractivity contribution in [2.24, 2.45) is 0 Å². The summed E-state index contributed by atoms with van der Waals surface area (Å²) in [6, 6.07) is 5.07. The molecule has 1 heterocycles. The van der Waals surface area contributed by atoms with Crippen molar-refractivity contribution >= 4 is 38.7 Å². The van der Waals surface area contributed by atoms with Crippen LogP contribution in [0.3, 0.4) is 0 Å². The molecule has 1 N–H and O–H groups in total. The molecule has 0 amide bonds. The van der Waals surface area contributed by atoms with E-state index in [0.717, 1.165) is 5.69 Å². The summed E-state index contributed by atoms with van der Waals surface area (Å²) < 4.78 is 22.5. The van der Waals surface area contributed by atoms with Crippen molar-refractivity contribution in [1.82, 2.24) is 0 Å². The van der Waals surface area contributed by atoms with Gasteiger partial charge in [0, 0.05) is 21.8 Å². The van der Waals surface area contributed by atoms with Gasteiger partial charge in [-0.15, -0.1) is 0 Å². The number of sulfone groups is 1. The Balaban J connectivity index is 2.10. The molecule has 1 aliphatic heterocycles. The molecule has 88 valence electrons. The van der Waals surface area contributed by atoms with E-state index >= 15 is 0 Å². The Kier molecular flexibility index (Phi) is 3.33. The van der Waals surface area contributed by atoms with Crippen LogP contribution in [0.25, 0.3) is 0 Å². The van der Waals surface area contributed by atoms with Crippen LogP contribution in [0.2, 0.25) is 10.0 Å². The predicted molar refractivity (Wildman–Crippen MR) is 67.1 cm³/mol. The maximum atomic E-state index is 11.3. The Morgan fingerprint density at radius 3 is 2.31 bits per heavy atom. The number of hydrogen-bond acceptors (Lipinski definition) is 3. The minimum atomic E-state index is -2.86. The van der Waals surface area contributed by atoms with E-state index in [9.17, 15) is 8.42 Å². The van der Waals surface area contributed by atoms with E-state index < -0.39 is 9.84 Å². The fourth-order valence-electron chi connectivity index (χ4n) is 1.78. The van der Waals surface area contributed by atoms with Gasteiger partial charge in [0.15, 0.2) is 9.84 Å². The molecule has 1 atom stereocenters. The average molecular weight is 280 g/mol. The standard InChI is InChI=1S/C10H11Cl2NO2S/c11-7-3-8(12)5-10(4-7)13-9-1-2-16(14,15)6-9/h3-5,9,13H,1-2,6H2. The lowest BCUT2D eigenvalue weighted by Crippen LogP contribution is -2.20. The van der Waals surface area contributed by atoms with Crippen molar-refractivity contribution in [1.29, 1.82) is 0 Å². The van der Waals surface area contributed by atoms with E-state index in [1.165, 1.54) is 0 Å². The second-order valence-corrected chi connectivity index (χ2v) is 7.00. The third-order valence-corrected chi connectivity index (χ3v) is 4.67. The van der Waals surface area contributed by atoms with Crippen molar-refractivity contribution in [2.45, 2.75) is 12.5 Å². The lowest BCUT2D eigenvalue weighted by Gasteiger charge is -2.12. The Morgan fingerprint density at radius 1 is 1.19 bits per heavy atom. The van der Waals surface area contributed by atoms with E-state index in [1.807, 2.05) is 0 Å². The molecule has 2 rings (SSSR count). The van der Waals surface area contributed by atoms with Crippen LogP contribution < -0.4 is 5.32 Å². The van der Waals surface area contributed by atoms with Crippen molar-refractivity contribution in [2.75, 3.05) is 16.8 Å². The van der Waals surface area contributed by atoms with Crippen molar-refractivity contribution in [3.63, 3.8) is 0 Å². The molecule has 1 aromatic rings. The van der Waals surface area contributed by atoms with Crippen LogP contribution in [0.5, 0.6) is 0 Å². The van der Waals surface area contributed by atoms with Gasteiger partial charge in [-0.25, -0.2) is 8.42 Å². The molecule has 0 aliphatic carbocycles. The maximum absolute atomic E-state index is 11.3. The molecule has 1 fully saturated rings. The smallest absolute Gasteiger partial charge is 0.152 e. The summed E-state index contributed by atoms with van der Waals surface area (Å²) in [6.07, 6.45) is 0.631. The van der Waals surface area contributed by atoms with Crippen LogP contribution in [0, 0.1) is 0 Å². The van der Waals surface area contributed by atoms with Crippen molar-refractivity contribution < 1.29 is 8.42 Å². The number of nitrogens with one attached hydrogen (secondary N) is 1.